The summed E-state index contributed by atoms with van der Waals surface area (Å²) in [5, 5.41) is 29.0. The number of halogens is 1. The zero-order valence-corrected chi connectivity index (χ0v) is 14.0. The van der Waals surface area contributed by atoms with Crippen molar-refractivity contribution in [3.05, 3.63) is 43.6 Å². The van der Waals surface area contributed by atoms with Crippen LogP contribution in [0.1, 0.15) is 33.2 Å². The number of aromatic carboxylic acids is 2. The van der Waals surface area contributed by atoms with Crippen LogP contribution in [0.2, 0.25) is 0 Å². The Morgan fingerprint density at radius 3 is 2.29 bits per heavy atom. The van der Waals surface area contributed by atoms with E-state index >= 15 is 0 Å². The van der Waals surface area contributed by atoms with Crippen LogP contribution < -0.4 is 11.3 Å². The standard InChI is InChI=1S/C15H13BrN2O6/c1-2-5-3-6(11(19)7(16)4-5)8-9(14(21)22)12(17)18-13(20)10(8)15(23)24/h3-4,19H,2H2,1H3,(H,21,22)(H,23,24)(H3,17,18,20). The third-order valence-electron chi connectivity index (χ3n) is 3.47. The third-order valence-corrected chi connectivity index (χ3v) is 4.08. The Labute approximate surface area is 143 Å². The van der Waals surface area contributed by atoms with E-state index in [9.17, 15) is 29.7 Å². The van der Waals surface area contributed by atoms with Crippen molar-refractivity contribution < 1.29 is 24.9 Å². The van der Waals surface area contributed by atoms with E-state index in [1.54, 1.807) is 6.07 Å². The molecule has 0 atom stereocenters. The summed E-state index contributed by atoms with van der Waals surface area (Å²) in [5.41, 5.74) is 3.26. The number of carbonyl (C=O) groups is 2. The van der Waals surface area contributed by atoms with Crippen molar-refractivity contribution in [1.29, 1.82) is 0 Å². The molecule has 0 saturated carbocycles. The van der Waals surface area contributed by atoms with Crippen LogP contribution in [-0.2, 0) is 6.42 Å². The number of nitrogen functional groups attached to an aromatic ring is 1. The van der Waals surface area contributed by atoms with Gasteiger partial charge in [0.05, 0.1) is 4.47 Å². The number of aromatic hydroxyl groups is 1. The fraction of sp³-hybridized carbons (Fsp3) is 0.133. The van der Waals surface area contributed by atoms with Crippen LogP contribution in [0.25, 0.3) is 11.1 Å². The smallest absolute Gasteiger partial charge is 0.342 e. The van der Waals surface area contributed by atoms with Gasteiger partial charge in [-0.2, -0.15) is 0 Å². The molecule has 2 rings (SSSR count). The number of aryl methyl sites for hydroxylation is 1. The molecule has 8 nitrogen and oxygen atoms in total. The van der Waals surface area contributed by atoms with Crippen molar-refractivity contribution in [2.45, 2.75) is 13.3 Å². The van der Waals surface area contributed by atoms with Gasteiger partial charge < -0.3 is 26.0 Å². The molecular formula is C15H13BrN2O6. The van der Waals surface area contributed by atoms with Crippen molar-refractivity contribution >= 4 is 33.7 Å². The third kappa shape index (κ3) is 2.85. The van der Waals surface area contributed by atoms with Gasteiger partial charge in [0.15, 0.2) is 0 Å². The van der Waals surface area contributed by atoms with Crippen molar-refractivity contribution in [3.63, 3.8) is 0 Å². The number of carboxylic acid groups (broad SMARTS) is 2. The summed E-state index contributed by atoms with van der Waals surface area (Å²) in [7, 11) is 0. The normalized spacial score (nSPS) is 10.6. The molecule has 126 valence electrons. The Bertz CT molecular complexity index is 919. The van der Waals surface area contributed by atoms with Crippen LogP contribution in [0, 0.1) is 0 Å². The van der Waals surface area contributed by atoms with Gasteiger partial charge in [0.1, 0.15) is 22.7 Å². The Morgan fingerprint density at radius 1 is 1.21 bits per heavy atom. The molecule has 0 radical (unpaired) electrons. The number of carboxylic acids is 2. The first-order valence-corrected chi connectivity index (χ1v) is 7.52. The lowest BCUT2D eigenvalue weighted by atomic mass is 9.93. The highest BCUT2D eigenvalue weighted by molar-refractivity contribution is 9.10. The molecule has 0 amide bonds. The van der Waals surface area contributed by atoms with E-state index in [4.69, 9.17) is 5.73 Å². The second-order valence-electron chi connectivity index (χ2n) is 4.93. The van der Waals surface area contributed by atoms with E-state index in [-0.39, 0.29) is 15.8 Å². The number of benzene rings is 1. The van der Waals surface area contributed by atoms with Crippen molar-refractivity contribution in [2.75, 3.05) is 5.73 Å². The highest BCUT2D eigenvalue weighted by Gasteiger charge is 2.28. The van der Waals surface area contributed by atoms with Crippen LogP contribution in [0.4, 0.5) is 5.82 Å². The maximum absolute atomic E-state index is 12.0. The molecule has 24 heavy (non-hydrogen) atoms. The van der Waals surface area contributed by atoms with E-state index < -0.39 is 40.0 Å². The van der Waals surface area contributed by atoms with Gasteiger partial charge in [0.2, 0.25) is 0 Å². The molecule has 0 spiro atoms. The number of nitrogens with one attached hydrogen (secondary N) is 1. The minimum Gasteiger partial charge on any atom is -0.506 e. The average molecular weight is 397 g/mol. The van der Waals surface area contributed by atoms with Crippen LogP contribution in [0.3, 0.4) is 0 Å². The molecule has 0 bridgehead atoms. The van der Waals surface area contributed by atoms with Crippen molar-refractivity contribution in [1.82, 2.24) is 4.98 Å². The molecule has 9 heteroatoms. The first kappa shape index (κ1) is 17.5. The average Bonchev–Trinajstić information content (AvgIpc) is 2.48. The summed E-state index contributed by atoms with van der Waals surface area (Å²) in [5.74, 6) is -4.04. The quantitative estimate of drug-likeness (QED) is 0.529. The Hall–Kier alpha value is -2.81. The zero-order chi connectivity index (χ0) is 18.2. The first-order valence-electron chi connectivity index (χ1n) is 6.73. The number of aromatic amines is 1. The lowest BCUT2D eigenvalue weighted by Gasteiger charge is -2.15. The molecule has 1 aromatic heterocycles. The molecule has 0 aliphatic carbocycles. The van der Waals surface area contributed by atoms with E-state index in [1.165, 1.54) is 6.07 Å². The number of anilines is 1. The maximum Gasteiger partial charge on any atom is 0.342 e. The molecule has 0 unspecified atom stereocenters. The molecule has 2 aromatic rings. The predicted molar refractivity (Wildman–Crippen MR) is 89.6 cm³/mol. The number of hydrogen-bond acceptors (Lipinski definition) is 5. The fourth-order valence-electron chi connectivity index (χ4n) is 2.37. The molecule has 0 fully saturated rings. The zero-order valence-electron chi connectivity index (χ0n) is 12.4. The summed E-state index contributed by atoms with van der Waals surface area (Å²) in [6, 6.07) is 3.03. The van der Waals surface area contributed by atoms with E-state index in [2.05, 4.69) is 15.9 Å². The highest BCUT2D eigenvalue weighted by Crippen LogP contribution is 2.40. The number of aromatic nitrogens is 1. The van der Waals surface area contributed by atoms with Gasteiger partial charge >= 0.3 is 11.9 Å². The lowest BCUT2D eigenvalue weighted by molar-refractivity contribution is 0.0695. The van der Waals surface area contributed by atoms with E-state index in [0.29, 0.717) is 12.0 Å². The van der Waals surface area contributed by atoms with Crippen LogP contribution in [-0.4, -0.2) is 32.2 Å². The van der Waals surface area contributed by atoms with Gasteiger partial charge in [-0.05, 0) is 40.0 Å². The van der Waals surface area contributed by atoms with Gasteiger partial charge in [0, 0.05) is 11.1 Å². The second-order valence-corrected chi connectivity index (χ2v) is 5.78. The fourth-order valence-corrected chi connectivity index (χ4v) is 2.87. The minimum absolute atomic E-state index is 0.103. The van der Waals surface area contributed by atoms with Gasteiger partial charge in [-0.25, -0.2) is 9.59 Å². The summed E-state index contributed by atoms with van der Waals surface area (Å²) in [4.78, 5) is 37.1. The van der Waals surface area contributed by atoms with Gasteiger partial charge in [0.25, 0.3) is 5.56 Å². The van der Waals surface area contributed by atoms with Crippen LogP contribution in [0.5, 0.6) is 5.75 Å². The summed E-state index contributed by atoms with van der Waals surface area (Å²) >= 11 is 3.13. The Balaban J connectivity index is 3.08. The lowest BCUT2D eigenvalue weighted by Crippen LogP contribution is -2.24. The summed E-state index contributed by atoms with van der Waals surface area (Å²) in [6.07, 6.45) is 0.537. The van der Waals surface area contributed by atoms with E-state index in [0.717, 1.165) is 0 Å². The molecule has 0 aliphatic heterocycles. The Kier molecular flexibility index (Phi) is 4.65. The number of pyridine rings is 1. The van der Waals surface area contributed by atoms with Crippen LogP contribution in [0.15, 0.2) is 21.4 Å². The van der Waals surface area contributed by atoms with Crippen LogP contribution >= 0.6 is 15.9 Å². The monoisotopic (exact) mass is 396 g/mol. The Morgan fingerprint density at radius 2 is 1.79 bits per heavy atom. The molecule has 1 aromatic carbocycles. The second kappa shape index (κ2) is 6.36. The number of rotatable bonds is 4. The molecule has 6 N–H and O–H groups in total. The number of phenolic OH excluding ortho intramolecular Hbond substituents is 1. The van der Waals surface area contributed by atoms with E-state index in [1.807, 2.05) is 11.9 Å². The predicted octanol–water partition coefficient (Wildman–Crippen LogP) is 2.05. The largest absolute Gasteiger partial charge is 0.506 e. The van der Waals surface area contributed by atoms with Crippen molar-refractivity contribution in [2.24, 2.45) is 0 Å². The molecular weight excluding hydrogens is 384 g/mol. The minimum atomic E-state index is -1.63. The van der Waals surface area contributed by atoms with Crippen molar-refractivity contribution in [3.8, 4) is 16.9 Å². The van der Waals surface area contributed by atoms with Gasteiger partial charge in [-0.15, -0.1) is 0 Å². The number of H-pyrrole nitrogens is 1. The first-order chi connectivity index (χ1) is 11.2. The summed E-state index contributed by atoms with van der Waals surface area (Å²) in [6.45, 7) is 1.82. The maximum atomic E-state index is 12.0. The van der Waals surface area contributed by atoms with Gasteiger partial charge in [-0.1, -0.05) is 6.92 Å². The summed E-state index contributed by atoms with van der Waals surface area (Å²) < 4.78 is 0.239. The molecule has 0 aliphatic rings. The number of nitrogens with two attached hydrogens (primary N) is 1. The molecule has 1 heterocycles. The van der Waals surface area contributed by atoms with Gasteiger partial charge in [-0.3, -0.25) is 4.79 Å². The SMILES string of the molecule is CCc1cc(Br)c(O)c(-c2c(C(=O)O)c(N)[nH]c(=O)c2C(=O)O)c1. The number of phenols is 1. The highest BCUT2D eigenvalue weighted by atomic mass is 79.9. The topological polar surface area (TPSA) is 154 Å². The number of hydrogen-bond donors (Lipinski definition) is 5. The molecule has 0 saturated heterocycles.